The Morgan fingerprint density at radius 3 is 1.69 bits per heavy atom. The second-order valence-corrected chi connectivity index (χ2v) is 7.43. The Balaban J connectivity index is 1.32. The molecule has 0 aliphatic heterocycles. The van der Waals surface area contributed by atoms with Gasteiger partial charge in [0, 0.05) is 40.6 Å². The Hall–Kier alpha value is -4.85. The molecule has 0 aliphatic rings. The summed E-state index contributed by atoms with van der Waals surface area (Å²) < 4.78 is 11.6. The van der Waals surface area contributed by atoms with Crippen molar-refractivity contribution >= 4 is 29.3 Å². The highest BCUT2D eigenvalue weighted by atomic mass is 16.7. The van der Waals surface area contributed by atoms with E-state index in [-0.39, 0.29) is 24.2 Å². The van der Waals surface area contributed by atoms with Crippen LogP contribution in [0.5, 0.6) is 5.75 Å². The number of hydrogen-bond acceptors (Lipinski definition) is 5. The summed E-state index contributed by atoms with van der Waals surface area (Å²) in [5.74, 6) is -0.280. The highest BCUT2D eigenvalue weighted by molar-refractivity contribution is 6.05. The molecule has 0 atom stereocenters. The predicted octanol–water partition coefficient (Wildman–Crippen LogP) is 5.52. The van der Waals surface area contributed by atoms with Gasteiger partial charge in [0.1, 0.15) is 5.75 Å². The van der Waals surface area contributed by atoms with Crippen molar-refractivity contribution in [3.63, 3.8) is 0 Å². The largest absolute Gasteiger partial charge is 0.513 e. The van der Waals surface area contributed by atoms with Crippen molar-refractivity contribution in [1.82, 2.24) is 4.57 Å². The molecule has 1 aromatic heterocycles. The van der Waals surface area contributed by atoms with E-state index in [2.05, 4.69) is 10.6 Å². The van der Waals surface area contributed by atoms with Gasteiger partial charge in [-0.1, -0.05) is 0 Å². The van der Waals surface area contributed by atoms with Gasteiger partial charge in [0.2, 0.25) is 0 Å². The Labute approximate surface area is 202 Å². The lowest BCUT2D eigenvalue weighted by Gasteiger charge is -2.09. The summed E-state index contributed by atoms with van der Waals surface area (Å²) in [5, 5.41) is 5.63. The van der Waals surface area contributed by atoms with Gasteiger partial charge >= 0.3 is 6.16 Å². The van der Waals surface area contributed by atoms with Gasteiger partial charge in [-0.2, -0.15) is 0 Å². The number of rotatable bonds is 7. The zero-order chi connectivity index (χ0) is 24.6. The van der Waals surface area contributed by atoms with Gasteiger partial charge in [-0.05, 0) is 91.9 Å². The number of nitrogens with one attached hydrogen (secondary N) is 2. The van der Waals surface area contributed by atoms with Gasteiger partial charge in [0.05, 0.1) is 6.61 Å². The maximum absolute atomic E-state index is 12.6. The van der Waals surface area contributed by atoms with E-state index in [1.165, 1.54) is 12.1 Å². The lowest BCUT2D eigenvalue weighted by molar-refractivity contribution is 0.101. The van der Waals surface area contributed by atoms with E-state index in [1.807, 2.05) is 41.2 Å². The Morgan fingerprint density at radius 2 is 1.20 bits per heavy atom. The molecule has 0 unspecified atom stereocenters. The molecular weight excluding hydrogens is 446 g/mol. The fourth-order valence-electron chi connectivity index (χ4n) is 3.25. The molecule has 0 saturated carbocycles. The van der Waals surface area contributed by atoms with Crippen LogP contribution in [0.15, 0.2) is 97.3 Å². The SMILES string of the molecule is CCOC(=O)Oc1ccc(C(=O)Nc2ccc(NC(=O)c3ccc(-n4cccc4)cc3)cc2)cc1. The predicted molar refractivity (Wildman–Crippen MR) is 132 cm³/mol. The van der Waals surface area contributed by atoms with Gasteiger partial charge < -0.3 is 24.7 Å². The van der Waals surface area contributed by atoms with E-state index in [0.29, 0.717) is 22.5 Å². The van der Waals surface area contributed by atoms with Crippen LogP contribution in [0.4, 0.5) is 16.2 Å². The number of ether oxygens (including phenoxy) is 2. The summed E-state index contributed by atoms with van der Waals surface area (Å²) >= 11 is 0. The Kier molecular flexibility index (Phi) is 7.22. The normalized spacial score (nSPS) is 10.3. The minimum atomic E-state index is -0.800. The molecule has 176 valence electrons. The minimum absolute atomic E-state index is 0.212. The van der Waals surface area contributed by atoms with Gasteiger partial charge in [0.25, 0.3) is 11.8 Å². The van der Waals surface area contributed by atoms with E-state index in [0.717, 1.165) is 5.69 Å². The molecule has 3 aromatic carbocycles. The van der Waals surface area contributed by atoms with Crippen LogP contribution in [0.1, 0.15) is 27.6 Å². The van der Waals surface area contributed by atoms with Crippen molar-refractivity contribution in [3.05, 3.63) is 108 Å². The van der Waals surface area contributed by atoms with E-state index in [4.69, 9.17) is 9.47 Å². The van der Waals surface area contributed by atoms with Crippen molar-refractivity contribution in [3.8, 4) is 11.4 Å². The molecule has 0 aliphatic carbocycles. The summed E-state index contributed by atoms with van der Waals surface area (Å²) in [5.41, 5.74) is 3.06. The third kappa shape index (κ3) is 6.14. The van der Waals surface area contributed by atoms with Crippen molar-refractivity contribution in [2.24, 2.45) is 0 Å². The smallest absolute Gasteiger partial charge is 0.434 e. The maximum atomic E-state index is 12.6. The molecule has 2 amide bonds. The Morgan fingerprint density at radius 1 is 0.714 bits per heavy atom. The van der Waals surface area contributed by atoms with E-state index in [9.17, 15) is 14.4 Å². The fourth-order valence-corrected chi connectivity index (χ4v) is 3.25. The lowest BCUT2D eigenvalue weighted by atomic mass is 10.1. The number of hydrogen-bond donors (Lipinski definition) is 2. The molecule has 0 saturated heterocycles. The summed E-state index contributed by atoms with van der Waals surface area (Å²) in [6.07, 6.45) is 3.07. The van der Waals surface area contributed by atoms with Crippen LogP contribution in [-0.2, 0) is 4.74 Å². The van der Waals surface area contributed by atoms with Crippen LogP contribution >= 0.6 is 0 Å². The molecule has 0 bridgehead atoms. The summed E-state index contributed by atoms with van der Waals surface area (Å²) in [6.45, 7) is 1.89. The standard InChI is InChI=1S/C27H23N3O5/c1-2-34-27(33)35-24-15-7-20(8-16-24)26(32)29-22-11-9-21(10-12-22)28-25(31)19-5-13-23(14-6-19)30-17-3-4-18-30/h3-18H,2H2,1H3,(H,28,31)(H,29,32). The molecule has 2 N–H and O–H groups in total. The number of carbonyl (C=O) groups excluding carboxylic acids is 3. The number of aromatic nitrogens is 1. The Bertz CT molecular complexity index is 1300. The molecule has 0 fully saturated rings. The second kappa shape index (κ2) is 10.8. The van der Waals surface area contributed by atoms with Crippen LogP contribution < -0.4 is 15.4 Å². The van der Waals surface area contributed by atoms with Crippen LogP contribution in [0, 0.1) is 0 Å². The van der Waals surface area contributed by atoms with Crippen LogP contribution in [0.2, 0.25) is 0 Å². The van der Waals surface area contributed by atoms with Crippen molar-refractivity contribution in [2.45, 2.75) is 6.92 Å². The molecule has 1 heterocycles. The zero-order valence-corrected chi connectivity index (χ0v) is 18.9. The van der Waals surface area contributed by atoms with E-state index < -0.39 is 6.16 Å². The number of amides is 2. The number of nitrogens with zero attached hydrogens (tertiary/aromatic N) is 1. The number of anilines is 2. The summed E-state index contributed by atoms with van der Waals surface area (Å²) in [4.78, 5) is 36.4. The summed E-state index contributed by atoms with van der Waals surface area (Å²) in [7, 11) is 0. The van der Waals surface area contributed by atoms with E-state index in [1.54, 1.807) is 55.5 Å². The first-order valence-corrected chi connectivity index (χ1v) is 10.9. The molecule has 4 rings (SSSR count). The first-order valence-electron chi connectivity index (χ1n) is 10.9. The van der Waals surface area contributed by atoms with Crippen molar-refractivity contribution < 1.29 is 23.9 Å². The minimum Gasteiger partial charge on any atom is -0.434 e. The average molecular weight is 469 g/mol. The zero-order valence-electron chi connectivity index (χ0n) is 18.9. The maximum Gasteiger partial charge on any atom is 0.513 e. The molecule has 0 spiro atoms. The molecule has 8 nitrogen and oxygen atoms in total. The average Bonchev–Trinajstić information content (AvgIpc) is 3.41. The first kappa shape index (κ1) is 23.3. The first-order chi connectivity index (χ1) is 17.0. The fraction of sp³-hybridized carbons (Fsp3) is 0.0741. The van der Waals surface area contributed by atoms with Crippen LogP contribution in [-0.4, -0.2) is 29.1 Å². The van der Waals surface area contributed by atoms with Gasteiger partial charge in [-0.25, -0.2) is 4.79 Å². The topological polar surface area (TPSA) is 98.7 Å². The quantitative estimate of drug-likeness (QED) is 0.274. The van der Waals surface area contributed by atoms with E-state index >= 15 is 0 Å². The van der Waals surface area contributed by atoms with Gasteiger partial charge in [-0.3, -0.25) is 9.59 Å². The van der Waals surface area contributed by atoms with Crippen LogP contribution in [0.25, 0.3) is 5.69 Å². The van der Waals surface area contributed by atoms with Crippen LogP contribution in [0.3, 0.4) is 0 Å². The van der Waals surface area contributed by atoms with Gasteiger partial charge in [0.15, 0.2) is 0 Å². The third-order valence-corrected chi connectivity index (χ3v) is 5.01. The molecular formula is C27H23N3O5. The molecule has 35 heavy (non-hydrogen) atoms. The third-order valence-electron chi connectivity index (χ3n) is 5.01. The number of benzene rings is 3. The molecule has 8 heteroatoms. The highest BCUT2D eigenvalue weighted by Gasteiger charge is 2.10. The monoisotopic (exact) mass is 469 g/mol. The lowest BCUT2D eigenvalue weighted by Crippen LogP contribution is -2.13. The summed E-state index contributed by atoms with van der Waals surface area (Å²) in [6, 6.07) is 24.1. The molecule has 0 radical (unpaired) electrons. The molecule has 4 aromatic rings. The highest BCUT2D eigenvalue weighted by Crippen LogP contribution is 2.18. The van der Waals surface area contributed by atoms with Crippen molar-refractivity contribution in [1.29, 1.82) is 0 Å². The van der Waals surface area contributed by atoms with Crippen molar-refractivity contribution in [2.75, 3.05) is 17.2 Å². The number of carbonyl (C=O) groups is 3. The second-order valence-electron chi connectivity index (χ2n) is 7.43. The van der Waals surface area contributed by atoms with Gasteiger partial charge in [-0.15, -0.1) is 0 Å².